The van der Waals surface area contributed by atoms with Crippen molar-refractivity contribution in [1.29, 1.82) is 0 Å². The largest absolute Gasteiger partial charge is 0.490 e. The molecular formula is C16H20O3S. The Labute approximate surface area is 123 Å². The molecule has 2 aromatic rings. The molecule has 1 heterocycles. The van der Waals surface area contributed by atoms with Crippen molar-refractivity contribution in [3.63, 3.8) is 0 Å². The van der Waals surface area contributed by atoms with E-state index in [1.165, 1.54) is 0 Å². The van der Waals surface area contributed by atoms with E-state index in [1.807, 2.05) is 50.4 Å². The lowest BCUT2D eigenvalue weighted by Gasteiger charge is -2.15. The van der Waals surface area contributed by atoms with Crippen LogP contribution in [0.2, 0.25) is 0 Å². The summed E-state index contributed by atoms with van der Waals surface area (Å²) >= 11 is 1.64. The van der Waals surface area contributed by atoms with Gasteiger partial charge >= 0.3 is 0 Å². The van der Waals surface area contributed by atoms with E-state index < -0.39 is 6.10 Å². The van der Waals surface area contributed by atoms with Crippen LogP contribution in [0, 0.1) is 6.92 Å². The number of hydrogen-bond donors (Lipinski definition) is 1. The van der Waals surface area contributed by atoms with Gasteiger partial charge in [0.1, 0.15) is 6.10 Å². The first-order valence-corrected chi connectivity index (χ1v) is 7.66. The van der Waals surface area contributed by atoms with Gasteiger partial charge in [0.05, 0.1) is 13.2 Å². The first-order valence-electron chi connectivity index (χ1n) is 6.79. The van der Waals surface area contributed by atoms with E-state index in [1.54, 1.807) is 11.3 Å². The van der Waals surface area contributed by atoms with Crippen LogP contribution >= 0.6 is 11.3 Å². The number of rotatable bonds is 6. The molecule has 1 aromatic heterocycles. The van der Waals surface area contributed by atoms with Crippen molar-refractivity contribution < 1.29 is 14.6 Å². The molecular weight excluding hydrogens is 272 g/mol. The molecule has 0 aliphatic carbocycles. The lowest BCUT2D eigenvalue weighted by Crippen LogP contribution is -2.03. The van der Waals surface area contributed by atoms with Crippen LogP contribution in [-0.2, 0) is 0 Å². The number of benzene rings is 1. The zero-order chi connectivity index (χ0) is 14.5. The van der Waals surface area contributed by atoms with Crippen molar-refractivity contribution in [2.75, 3.05) is 13.2 Å². The molecule has 0 spiro atoms. The molecule has 1 atom stereocenters. The molecule has 2 rings (SSSR count). The fourth-order valence-corrected chi connectivity index (χ4v) is 2.83. The summed E-state index contributed by atoms with van der Waals surface area (Å²) < 4.78 is 11.1. The Bertz CT molecular complexity index is 563. The minimum atomic E-state index is -0.629. The van der Waals surface area contributed by atoms with Gasteiger partial charge in [-0.1, -0.05) is 6.07 Å². The molecule has 1 unspecified atom stereocenters. The Hall–Kier alpha value is -1.52. The molecule has 4 heteroatoms. The maximum atomic E-state index is 10.5. The van der Waals surface area contributed by atoms with Gasteiger partial charge in [-0.2, -0.15) is 0 Å². The van der Waals surface area contributed by atoms with Gasteiger partial charge in [0.15, 0.2) is 11.5 Å². The van der Waals surface area contributed by atoms with E-state index in [0.717, 1.165) is 16.0 Å². The third-order valence-corrected chi connectivity index (χ3v) is 3.94. The molecule has 20 heavy (non-hydrogen) atoms. The summed E-state index contributed by atoms with van der Waals surface area (Å²) in [7, 11) is 0. The summed E-state index contributed by atoms with van der Waals surface area (Å²) in [5.74, 6) is 1.39. The number of thiophene rings is 1. The number of aliphatic hydroxyl groups is 1. The van der Waals surface area contributed by atoms with Crippen molar-refractivity contribution in [2.45, 2.75) is 26.9 Å². The number of hydrogen-bond acceptors (Lipinski definition) is 4. The van der Waals surface area contributed by atoms with Crippen LogP contribution in [0.5, 0.6) is 11.5 Å². The molecule has 3 nitrogen and oxygen atoms in total. The highest BCUT2D eigenvalue weighted by molar-refractivity contribution is 7.10. The molecule has 1 N–H and O–H groups in total. The third-order valence-electron chi connectivity index (χ3n) is 3.08. The van der Waals surface area contributed by atoms with E-state index in [2.05, 4.69) is 0 Å². The van der Waals surface area contributed by atoms with E-state index in [4.69, 9.17) is 9.47 Å². The second-order valence-corrected chi connectivity index (χ2v) is 5.53. The van der Waals surface area contributed by atoms with Crippen LogP contribution in [0.15, 0.2) is 29.6 Å². The average molecular weight is 292 g/mol. The summed E-state index contributed by atoms with van der Waals surface area (Å²) in [5, 5.41) is 12.5. The molecule has 0 aliphatic rings. The van der Waals surface area contributed by atoms with E-state index in [0.29, 0.717) is 24.7 Å². The maximum absolute atomic E-state index is 10.5. The molecule has 0 radical (unpaired) electrons. The molecule has 0 bridgehead atoms. The zero-order valence-corrected chi connectivity index (χ0v) is 12.9. The van der Waals surface area contributed by atoms with Crippen LogP contribution < -0.4 is 9.47 Å². The van der Waals surface area contributed by atoms with Crippen LogP contribution in [0.4, 0.5) is 0 Å². The highest BCUT2D eigenvalue weighted by Crippen LogP contribution is 2.34. The topological polar surface area (TPSA) is 38.7 Å². The lowest BCUT2D eigenvalue weighted by atomic mass is 10.0. The maximum Gasteiger partial charge on any atom is 0.161 e. The first-order chi connectivity index (χ1) is 9.67. The Kier molecular flexibility index (Phi) is 5.04. The van der Waals surface area contributed by atoms with Gasteiger partial charge in [0, 0.05) is 4.88 Å². The summed E-state index contributed by atoms with van der Waals surface area (Å²) in [6.45, 7) is 7.04. The minimum Gasteiger partial charge on any atom is -0.490 e. The number of aliphatic hydroxyl groups excluding tert-OH is 1. The Morgan fingerprint density at radius 1 is 1.10 bits per heavy atom. The number of ether oxygens (including phenoxy) is 2. The van der Waals surface area contributed by atoms with Crippen LogP contribution in [0.3, 0.4) is 0 Å². The third kappa shape index (κ3) is 3.14. The van der Waals surface area contributed by atoms with Gasteiger partial charge in [0.2, 0.25) is 0 Å². The standard InChI is InChI=1S/C16H20O3S/c1-4-18-14-7-6-12(10-15(14)19-5-2)16(17)13-8-9-20-11(13)3/h6-10,16-17H,4-5H2,1-3H3. The Morgan fingerprint density at radius 3 is 2.40 bits per heavy atom. The fraction of sp³-hybridized carbons (Fsp3) is 0.375. The Balaban J connectivity index is 2.32. The molecule has 0 amide bonds. The van der Waals surface area contributed by atoms with E-state index in [9.17, 15) is 5.11 Å². The predicted octanol–water partition coefficient (Wildman–Crippen LogP) is 3.94. The van der Waals surface area contributed by atoms with Crippen LogP contribution in [0.25, 0.3) is 0 Å². The van der Waals surface area contributed by atoms with Crippen molar-refractivity contribution >= 4 is 11.3 Å². The quantitative estimate of drug-likeness (QED) is 0.876. The molecule has 1 aromatic carbocycles. The van der Waals surface area contributed by atoms with Gasteiger partial charge in [-0.15, -0.1) is 11.3 Å². The van der Waals surface area contributed by atoms with Crippen molar-refractivity contribution in [1.82, 2.24) is 0 Å². The van der Waals surface area contributed by atoms with Gasteiger partial charge in [-0.3, -0.25) is 0 Å². The first kappa shape index (κ1) is 14.9. The Morgan fingerprint density at radius 2 is 1.80 bits per heavy atom. The van der Waals surface area contributed by atoms with Gasteiger partial charge in [-0.05, 0) is 55.5 Å². The SMILES string of the molecule is CCOc1ccc(C(O)c2ccsc2C)cc1OCC. The normalized spacial score (nSPS) is 12.2. The average Bonchev–Trinajstić information content (AvgIpc) is 2.86. The lowest BCUT2D eigenvalue weighted by molar-refractivity contribution is 0.218. The summed E-state index contributed by atoms with van der Waals surface area (Å²) in [5.41, 5.74) is 1.76. The fourth-order valence-electron chi connectivity index (χ4n) is 2.10. The highest BCUT2D eigenvalue weighted by atomic mass is 32.1. The predicted molar refractivity (Wildman–Crippen MR) is 81.9 cm³/mol. The highest BCUT2D eigenvalue weighted by Gasteiger charge is 2.16. The van der Waals surface area contributed by atoms with E-state index in [-0.39, 0.29) is 0 Å². The molecule has 0 fully saturated rings. The van der Waals surface area contributed by atoms with Crippen molar-refractivity contribution in [3.8, 4) is 11.5 Å². The van der Waals surface area contributed by atoms with Gasteiger partial charge in [0.25, 0.3) is 0 Å². The van der Waals surface area contributed by atoms with Crippen molar-refractivity contribution in [3.05, 3.63) is 45.6 Å². The minimum absolute atomic E-state index is 0.567. The molecule has 108 valence electrons. The molecule has 0 saturated heterocycles. The van der Waals surface area contributed by atoms with Gasteiger partial charge < -0.3 is 14.6 Å². The second-order valence-electron chi connectivity index (χ2n) is 4.41. The molecule has 0 saturated carbocycles. The molecule has 0 aliphatic heterocycles. The smallest absolute Gasteiger partial charge is 0.161 e. The van der Waals surface area contributed by atoms with Gasteiger partial charge in [-0.25, -0.2) is 0 Å². The second kappa shape index (κ2) is 6.77. The van der Waals surface area contributed by atoms with Crippen LogP contribution in [-0.4, -0.2) is 18.3 Å². The zero-order valence-electron chi connectivity index (χ0n) is 12.1. The summed E-state index contributed by atoms with van der Waals surface area (Å²) in [6, 6.07) is 7.56. The number of aryl methyl sites for hydroxylation is 1. The summed E-state index contributed by atoms with van der Waals surface area (Å²) in [6.07, 6.45) is -0.629. The van der Waals surface area contributed by atoms with Crippen LogP contribution in [0.1, 0.15) is 36.0 Å². The van der Waals surface area contributed by atoms with Crippen molar-refractivity contribution in [2.24, 2.45) is 0 Å². The summed E-state index contributed by atoms with van der Waals surface area (Å²) in [4.78, 5) is 1.13. The monoisotopic (exact) mass is 292 g/mol. The van der Waals surface area contributed by atoms with E-state index >= 15 is 0 Å².